The summed E-state index contributed by atoms with van der Waals surface area (Å²) in [5.41, 5.74) is -0.0758. The molecule has 0 aliphatic heterocycles. The first-order valence-electron chi connectivity index (χ1n) is 7.38. The van der Waals surface area contributed by atoms with Gasteiger partial charge in [0.2, 0.25) is 0 Å². The Hall–Kier alpha value is -1.59. The Morgan fingerprint density at radius 2 is 1.82 bits per heavy atom. The molecule has 0 aliphatic carbocycles. The molecule has 0 amide bonds. The summed E-state index contributed by atoms with van der Waals surface area (Å²) < 4.78 is 24.8. The van der Waals surface area contributed by atoms with Crippen molar-refractivity contribution in [3.8, 4) is 5.75 Å². The molecule has 0 spiro atoms. The lowest BCUT2D eigenvalue weighted by atomic mass is 9.74. The maximum Gasteiger partial charge on any atom is 0.496 e. The maximum atomic E-state index is 13.6. The lowest BCUT2D eigenvalue weighted by Gasteiger charge is -2.32. The molecule has 0 atom stereocenters. The van der Waals surface area contributed by atoms with E-state index in [1.807, 2.05) is 33.8 Å². The summed E-state index contributed by atoms with van der Waals surface area (Å²) in [6.07, 6.45) is 0. The van der Waals surface area contributed by atoms with Crippen molar-refractivity contribution in [2.24, 2.45) is 5.92 Å². The van der Waals surface area contributed by atoms with Gasteiger partial charge < -0.3 is 14.4 Å². The van der Waals surface area contributed by atoms with E-state index < -0.39 is 12.7 Å². The van der Waals surface area contributed by atoms with Crippen LogP contribution in [-0.2, 0) is 4.65 Å². The second kappa shape index (κ2) is 6.27. The number of benzene rings is 2. The molecule has 5 heteroatoms. The highest BCUT2D eigenvalue weighted by Gasteiger charge is 2.33. The van der Waals surface area contributed by atoms with Crippen molar-refractivity contribution < 1.29 is 18.8 Å². The molecule has 2 rings (SSSR count). The highest BCUT2D eigenvalue weighted by molar-refractivity contribution is 6.64. The molecular weight excluding hydrogens is 282 g/mol. The first kappa shape index (κ1) is 16.8. The standard InChI is InChI=1S/C17H22BFO3/c1-11(2)17(3,4)22-18(20)16-14-10-13(19)8-6-12(14)7-9-15(16)21-5/h6-11,20H,1-5H3. The molecule has 0 saturated carbocycles. The molecule has 0 bridgehead atoms. The summed E-state index contributed by atoms with van der Waals surface area (Å²) in [4.78, 5) is 0. The van der Waals surface area contributed by atoms with E-state index in [9.17, 15) is 9.41 Å². The molecule has 0 aliphatic rings. The molecule has 0 unspecified atom stereocenters. The highest BCUT2D eigenvalue weighted by Crippen LogP contribution is 2.25. The Morgan fingerprint density at radius 1 is 1.18 bits per heavy atom. The average Bonchev–Trinajstić information content (AvgIpc) is 2.44. The Balaban J connectivity index is 2.54. The molecule has 118 valence electrons. The zero-order valence-corrected chi connectivity index (χ0v) is 13.7. The number of methoxy groups -OCH3 is 1. The van der Waals surface area contributed by atoms with Crippen LogP contribution in [0.1, 0.15) is 27.7 Å². The largest absolute Gasteiger partial charge is 0.497 e. The summed E-state index contributed by atoms with van der Waals surface area (Å²) in [6.45, 7) is 7.87. The summed E-state index contributed by atoms with van der Waals surface area (Å²) >= 11 is 0. The molecule has 0 saturated heterocycles. The van der Waals surface area contributed by atoms with Crippen LogP contribution in [0, 0.1) is 11.7 Å². The fourth-order valence-electron chi connectivity index (χ4n) is 2.21. The Kier molecular flexibility index (Phi) is 4.78. The molecule has 1 N–H and O–H groups in total. The first-order valence-corrected chi connectivity index (χ1v) is 7.38. The van der Waals surface area contributed by atoms with Crippen molar-refractivity contribution in [2.75, 3.05) is 7.11 Å². The van der Waals surface area contributed by atoms with Gasteiger partial charge in [-0.2, -0.15) is 0 Å². The second-order valence-corrected chi connectivity index (χ2v) is 6.28. The molecular formula is C17H22BFO3. The summed E-state index contributed by atoms with van der Waals surface area (Å²) in [5, 5.41) is 12.0. The van der Waals surface area contributed by atoms with Crippen molar-refractivity contribution >= 4 is 23.4 Å². The topological polar surface area (TPSA) is 38.7 Å². The molecule has 3 nitrogen and oxygen atoms in total. The molecule has 0 heterocycles. The summed E-state index contributed by atoms with van der Waals surface area (Å²) in [7, 11) is 0.322. The minimum atomic E-state index is -1.20. The number of rotatable bonds is 5. The van der Waals surface area contributed by atoms with Crippen molar-refractivity contribution in [3.63, 3.8) is 0 Å². The highest BCUT2D eigenvalue weighted by atomic mass is 19.1. The van der Waals surface area contributed by atoms with Gasteiger partial charge in [-0.15, -0.1) is 0 Å². The van der Waals surface area contributed by atoms with Gasteiger partial charge in [0, 0.05) is 5.46 Å². The molecule has 0 aromatic heterocycles. The lowest BCUT2D eigenvalue weighted by molar-refractivity contribution is 0.0423. The van der Waals surface area contributed by atoms with E-state index in [4.69, 9.17) is 9.39 Å². The van der Waals surface area contributed by atoms with Crippen molar-refractivity contribution in [3.05, 3.63) is 36.1 Å². The van der Waals surface area contributed by atoms with Gasteiger partial charge >= 0.3 is 7.12 Å². The smallest absolute Gasteiger partial charge is 0.496 e. The van der Waals surface area contributed by atoms with Crippen molar-refractivity contribution in [2.45, 2.75) is 33.3 Å². The van der Waals surface area contributed by atoms with Crippen LogP contribution in [0.5, 0.6) is 5.75 Å². The fourth-order valence-corrected chi connectivity index (χ4v) is 2.21. The predicted octanol–water partition coefficient (Wildman–Crippen LogP) is 3.13. The zero-order chi connectivity index (χ0) is 16.5. The van der Waals surface area contributed by atoms with Gasteiger partial charge in [0.25, 0.3) is 0 Å². The van der Waals surface area contributed by atoms with Crippen molar-refractivity contribution in [1.29, 1.82) is 0 Å². The molecule has 0 radical (unpaired) electrons. The van der Waals surface area contributed by atoms with Crippen LogP contribution >= 0.6 is 0 Å². The minimum absolute atomic E-state index is 0.208. The third-order valence-corrected chi connectivity index (χ3v) is 4.26. The Morgan fingerprint density at radius 3 is 2.41 bits per heavy atom. The number of ether oxygens (including phenoxy) is 1. The van der Waals surface area contributed by atoms with Gasteiger partial charge in [0.15, 0.2) is 0 Å². The van der Waals surface area contributed by atoms with Gasteiger partial charge in [-0.05, 0) is 48.7 Å². The molecule has 2 aromatic rings. The van der Waals surface area contributed by atoms with Crippen molar-refractivity contribution in [1.82, 2.24) is 0 Å². The van der Waals surface area contributed by atoms with E-state index in [0.29, 0.717) is 16.6 Å². The van der Waals surface area contributed by atoms with Gasteiger partial charge in [-0.3, -0.25) is 0 Å². The van der Waals surface area contributed by atoms with E-state index in [0.717, 1.165) is 5.39 Å². The van der Waals surface area contributed by atoms with E-state index in [1.54, 1.807) is 12.1 Å². The maximum absolute atomic E-state index is 13.6. The van der Waals surface area contributed by atoms with E-state index >= 15 is 0 Å². The molecule has 22 heavy (non-hydrogen) atoms. The van der Waals surface area contributed by atoms with Crippen LogP contribution in [-0.4, -0.2) is 24.9 Å². The van der Waals surface area contributed by atoms with E-state index in [2.05, 4.69) is 0 Å². The Labute approximate surface area is 131 Å². The predicted molar refractivity (Wildman–Crippen MR) is 88.1 cm³/mol. The second-order valence-electron chi connectivity index (χ2n) is 6.28. The van der Waals surface area contributed by atoms with Crippen LogP contribution < -0.4 is 10.2 Å². The monoisotopic (exact) mass is 304 g/mol. The number of halogens is 1. The van der Waals surface area contributed by atoms with Crippen LogP contribution in [0.25, 0.3) is 10.8 Å². The normalized spacial score (nSPS) is 12.0. The third kappa shape index (κ3) is 3.26. The van der Waals surface area contributed by atoms with E-state index in [1.165, 1.54) is 19.2 Å². The van der Waals surface area contributed by atoms with E-state index in [-0.39, 0.29) is 11.7 Å². The van der Waals surface area contributed by atoms with Gasteiger partial charge in [-0.25, -0.2) is 4.39 Å². The lowest BCUT2D eigenvalue weighted by Crippen LogP contribution is -2.45. The van der Waals surface area contributed by atoms with Crippen LogP contribution in [0.3, 0.4) is 0 Å². The van der Waals surface area contributed by atoms with Crippen LogP contribution in [0.4, 0.5) is 4.39 Å². The minimum Gasteiger partial charge on any atom is -0.497 e. The van der Waals surface area contributed by atoms with Gasteiger partial charge in [0.05, 0.1) is 12.7 Å². The summed E-state index contributed by atoms with van der Waals surface area (Å²) in [5.74, 6) is 0.322. The zero-order valence-electron chi connectivity index (χ0n) is 13.7. The molecule has 2 aromatic carbocycles. The first-order chi connectivity index (χ1) is 10.3. The van der Waals surface area contributed by atoms with Gasteiger partial charge in [0.1, 0.15) is 11.6 Å². The summed E-state index contributed by atoms with van der Waals surface area (Å²) in [6, 6.07) is 8.04. The average molecular weight is 304 g/mol. The van der Waals surface area contributed by atoms with Crippen LogP contribution in [0.2, 0.25) is 0 Å². The molecule has 0 fully saturated rings. The number of fused-ring (bicyclic) bond motifs is 1. The fraction of sp³-hybridized carbons (Fsp3) is 0.412. The Bertz CT molecular complexity index is 670. The van der Waals surface area contributed by atoms with Gasteiger partial charge in [-0.1, -0.05) is 26.0 Å². The number of hydrogen-bond donors (Lipinski definition) is 1. The number of hydrogen-bond acceptors (Lipinski definition) is 3. The SMILES string of the molecule is COc1ccc2ccc(F)cc2c1B(O)OC(C)(C)C(C)C. The third-order valence-electron chi connectivity index (χ3n) is 4.26. The van der Waals surface area contributed by atoms with Crippen LogP contribution in [0.15, 0.2) is 30.3 Å². The quantitative estimate of drug-likeness (QED) is 0.863.